The molecule has 0 unspecified atom stereocenters. The minimum Gasteiger partial charge on any atom is -0.297 e. The lowest BCUT2D eigenvalue weighted by atomic mass is 9.80. The number of rotatable bonds is 3. The third-order valence-electron chi connectivity index (χ3n) is 4.87. The SMILES string of the molecule is Cc1cc(C)c(C(=O)C2(N(C)C)CCCCCC2)c(F)c1. The molecule has 21 heavy (non-hydrogen) atoms. The molecule has 0 aliphatic heterocycles. The highest BCUT2D eigenvalue weighted by Crippen LogP contribution is 2.35. The van der Waals surface area contributed by atoms with Crippen LogP contribution in [0.3, 0.4) is 0 Å². The number of nitrogens with zero attached hydrogens (tertiary/aromatic N) is 1. The molecule has 0 spiro atoms. The summed E-state index contributed by atoms with van der Waals surface area (Å²) >= 11 is 0. The fourth-order valence-corrected chi connectivity index (χ4v) is 3.63. The van der Waals surface area contributed by atoms with Crippen LogP contribution in [0.2, 0.25) is 0 Å². The van der Waals surface area contributed by atoms with E-state index in [1.807, 2.05) is 38.9 Å². The first-order valence-electron chi connectivity index (χ1n) is 7.87. The van der Waals surface area contributed by atoms with E-state index in [4.69, 9.17) is 0 Å². The van der Waals surface area contributed by atoms with E-state index >= 15 is 0 Å². The summed E-state index contributed by atoms with van der Waals surface area (Å²) in [5, 5.41) is 0. The van der Waals surface area contributed by atoms with Gasteiger partial charge in [-0.1, -0.05) is 31.7 Å². The van der Waals surface area contributed by atoms with Crippen LogP contribution >= 0.6 is 0 Å². The van der Waals surface area contributed by atoms with Gasteiger partial charge in [-0.3, -0.25) is 9.69 Å². The Morgan fingerprint density at radius 2 is 1.67 bits per heavy atom. The molecule has 1 aromatic rings. The maximum absolute atomic E-state index is 14.4. The Morgan fingerprint density at radius 3 is 2.14 bits per heavy atom. The van der Waals surface area contributed by atoms with Crippen LogP contribution in [-0.2, 0) is 0 Å². The van der Waals surface area contributed by atoms with Crippen LogP contribution in [0.4, 0.5) is 4.39 Å². The van der Waals surface area contributed by atoms with Crippen molar-refractivity contribution in [1.82, 2.24) is 4.90 Å². The third kappa shape index (κ3) is 3.03. The van der Waals surface area contributed by atoms with Gasteiger partial charge in [-0.2, -0.15) is 0 Å². The fraction of sp³-hybridized carbons (Fsp3) is 0.611. The molecule has 1 aliphatic carbocycles. The number of halogens is 1. The second-order valence-electron chi connectivity index (χ2n) is 6.61. The van der Waals surface area contributed by atoms with Gasteiger partial charge in [0.25, 0.3) is 0 Å². The molecule has 3 heteroatoms. The van der Waals surface area contributed by atoms with E-state index in [1.165, 1.54) is 6.07 Å². The van der Waals surface area contributed by atoms with Gasteiger partial charge in [0.1, 0.15) is 5.82 Å². The molecule has 0 amide bonds. The van der Waals surface area contributed by atoms with Gasteiger partial charge in [0.15, 0.2) is 5.78 Å². The van der Waals surface area contributed by atoms with Crippen LogP contribution in [0.5, 0.6) is 0 Å². The number of aryl methyl sites for hydroxylation is 2. The molecular weight excluding hydrogens is 265 g/mol. The first-order chi connectivity index (χ1) is 9.88. The van der Waals surface area contributed by atoms with E-state index in [1.54, 1.807) is 0 Å². The first kappa shape index (κ1) is 16.2. The maximum Gasteiger partial charge on any atom is 0.186 e. The zero-order valence-electron chi connectivity index (χ0n) is 13.6. The molecule has 2 nitrogen and oxygen atoms in total. The maximum atomic E-state index is 14.4. The van der Waals surface area contributed by atoms with Gasteiger partial charge in [0.2, 0.25) is 0 Å². The molecule has 0 radical (unpaired) electrons. The lowest BCUT2D eigenvalue weighted by molar-refractivity contribution is 0.0629. The molecule has 1 aliphatic rings. The average molecular weight is 291 g/mol. The molecule has 0 aromatic heterocycles. The molecule has 1 saturated carbocycles. The zero-order chi connectivity index (χ0) is 15.6. The number of benzene rings is 1. The van der Waals surface area contributed by atoms with Crippen molar-refractivity contribution in [3.8, 4) is 0 Å². The largest absolute Gasteiger partial charge is 0.297 e. The van der Waals surface area contributed by atoms with Crippen molar-refractivity contribution in [1.29, 1.82) is 0 Å². The molecule has 0 N–H and O–H groups in total. The Kier molecular flexibility index (Phi) is 4.82. The molecule has 0 heterocycles. The number of hydrogen-bond acceptors (Lipinski definition) is 2. The summed E-state index contributed by atoms with van der Waals surface area (Å²) in [6, 6.07) is 3.37. The number of Topliss-reactive ketones (excluding diaryl/α,β-unsaturated/α-hetero) is 1. The van der Waals surface area contributed by atoms with Gasteiger partial charge < -0.3 is 0 Å². The standard InChI is InChI=1S/C18H26FNO/c1-13-11-14(2)16(15(19)12-13)17(21)18(20(3)4)9-7-5-6-8-10-18/h11-12H,5-10H2,1-4H3. The predicted molar refractivity (Wildman–Crippen MR) is 84.3 cm³/mol. The van der Waals surface area contributed by atoms with Gasteiger partial charge >= 0.3 is 0 Å². The fourth-order valence-electron chi connectivity index (χ4n) is 3.63. The lowest BCUT2D eigenvalue weighted by Crippen LogP contribution is -2.51. The van der Waals surface area contributed by atoms with Crippen molar-refractivity contribution in [2.24, 2.45) is 0 Å². The molecular formula is C18H26FNO. The number of ketones is 1. The zero-order valence-corrected chi connectivity index (χ0v) is 13.6. The summed E-state index contributed by atoms with van der Waals surface area (Å²) in [6.45, 7) is 3.70. The van der Waals surface area contributed by atoms with Crippen molar-refractivity contribution in [2.75, 3.05) is 14.1 Å². The normalized spacial score (nSPS) is 18.6. The van der Waals surface area contributed by atoms with Gasteiger partial charge in [-0.15, -0.1) is 0 Å². The molecule has 0 atom stereocenters. The molecule has 0 saturated heterocycles. The predicted octanol–water partition coefficient (Wildman–Crippen LogP) is 4.28. The van der Waals surface area contributed by atoms with Crippen molar-refractivity contribution in [2.45, 2.75) is 57.9 Å². The second-order valence-corrected chi connectivity index (χ2v) is 6.61. The van der Waals surface area contributed by atoms with Crippen LogP contribution < -0.4 is 0 Å². The summed E-state index contributed by atoms with van der Waals surface area (Å²) in [6.07, 6.45) is 6.06. The average Bonchev–Trinajstić information content (AvgIpc) is 2.63. The van der Waals surface area contributed by atoms with E-state index in [-0.39, 0.29) is 17.2 Å². The summed E-state index contributed by atoms with van der Waals surface area (Å²) in [5.74, 6) is -0.410. The molecule has 2 rings (SSSR count). The van der Waals surface area contributed by atoms with E-state index in [0.717, 1.165) is 49.7 Å². The minimum absolute atomic E-state index is 0.0376. The van der Waals surface area contributed by atoms with E-state index in [9.17, 15) is 9.18 Å². The van der Waals surface area contributed by atoms with Crippen LogP contribution in [0.1, 0.15) is 60.0 Å². The molecule has 0 bridgehead atoms. The molecule has 1 fully saturated rings. The van der Waals surface area contributed by atoms with Crippen LogP contribution in [0, 0.1) is 19.7 Å². The second kappa shape index (κ2) is 6.27. The summed E-state index contributed by atoms with van der Waals surface area (Å²) in [5.41, 5.74) is 1.36. The lowest BCUT2D eigenvalue weighted by Gasteiger charge is -2.38. The van der Waals surface area contributed by atoms with E-state index in [2.05, 4.69) is 0 Å². The first-order valence-corrected chi connectivity index (χ1v) is 7.87. The number of carbonyl (C=O) groups is 1. The van der Waals surface area contributed by atoms with Crippen LogP contribution in [0.25, 0.3) is 0 Å². The van der Waals surface area contributed by atoms with Gasteiger partial charge in [0, 0.05) is 0 Å². The van der Waals surface area contributed by atoms with Crippen molar-refractivity contribution < 1.29 is 9.18 Å². The summed E-state index contributed by atoms with van der Waals surface area (Å²) in [7, 11) is 3.90. The van der Waals surface area contributed by atoms with Crippen molar-refractivity contribution >= 4 is 5.78 Å². The third-order valence-corrected chi connectivity index (χ3v) is 4.87. The van der Waals surface area contributed by atoms with Crippen molar-refractivity contribution in [3.63, 3.8) is 0 Å². The van der Waals surface area contributed by atoms with Gasteiger partial charge in [-0.25, -0.2) is 4.39 Å². The summed E-state index contributed by atoms with van der Waals surface area (Å²) < 4.78 is 14.4. The highest BCUT2D eigenvalue weighted by atomic mass is 19.1. The Labute approximate surface area is 127 Å². The number of carbonyl (C=O) groups excluding carboxylic acids is 1. The Balaban J connectivity index is 2.49. The van der Waals surface area contributed by atoms with Crippen molar-refractivity contribution in [3.05, 3.63) is 34.6 Å². The molecule has 116 valence electrons. The van der Waals surface area contributed by atoms with Crippen LogP contribution in [0.15, 0.2) is 12.1 Å². The highest BCUT2D eigenvalue weighted by Gasteiger charge is 2.42. The Morgan fingerprint density at radius 1 is 1.10 bits per heavy atom. The van der Waals surface area contributed by atoms with Crippen LogP contribution in [-0.4, -0.2) is 30.3 Å². The van der Waals surface area contributed by atoms with E-state index in [0.29, 0.717) is 0 Å². The van der Waals surface area contributed by atoms with E-state index < -0.39 is 5.54 Å². The number of likely N-dealkylation sites (N-methyl/N-ethyl adjacent to an activating group) is 1. The molecule has 1 aromatic carbocycles. The topological polar surface area (TPSA) is 20.3 Å². The summed E-state index contributed by atoms with van der Waals surface area (Å²) in [4.78, 5) is 15.2. The minimum atomic E-state index is -0.544. The van der Waals surface area contributed by atoms with Gasteiger partial charge in [-0.05, 0) is 58.0 Å². The monoisotopic (exact) mass is 291 g/mol. The number of hydrogen-bond donors (Lipinski definition) is 0. The van der Waals surface area contributed by atoms with Gasteiger partial charge in [0.05, 0.1) is 11.1 Å². The Bertz CT molecular complexity index is 505. The quantitative estimate of drug-likeness (QED) is 0.612. The highest BCUT2D eigenvalue weighted by molar-refractivity contribution is 6.04. The Hall–Kier alpha value is -1.22. The smallest absolute Gasteiger partial charge is 0.186 e.